The van der Waals surface area contributed by atoms with Crippen LogP contribution in [0.3, 0.4) is 0 Å². The molecule has 2 rings (SSSR count). The number of benzene rings is 1. The van der Waals surface area contributed by atoms with Crippen molar-refractivity contribution in [3.05, 3.63) is 35.9 Å². The normalized spacial score (nSPS) is 10.1. The van der Waals surface area contributed by atoms with Crippen molar-refractivity contribution in [3.63, 3.8) is 0 Å². The van der Waals surface area contributed by atoms with Crippen molar-refractivity contribution in [2.24, 2.45) is 5.73 Å². The molecule has 1 heterocycles. The van der Waals surface area contributed by atoms with E-state index >= 15 is 0 Å². The molecule has 1 amide bonds. The number of amides is 1. The molecule has 0 atom stereocenters. The molecule has 0 aliphatic carbocycles. The van der Waals surface area contributed by atoms with Crippen molar-refractivity contribution >= 4 is 28.3 Å². The monoisotopic (exact) mass is 278 g/mol. The van der Waals surface area contributed by atoms with Gasteiger partial charge in [-0.1, -0.05) is 18.2 Å². The van der Waals surface area contributed by atoms with Gasteiger partial charge in [0.05, 0.1) is 0 Å². The molecule has 2 aromatic rings. The third kappa shape index (κ3) is 3.35. The number of para-hydroxylation sites is 1. The number of primary amides is 1. The summed E-state index contributed by atoms with van der Waals surface area (Å²) in [5.41, 5.74) is 11.0. The smallest absolute Gasteiger partial charge is 0.255 e. The van der Waals surface area contributed by atoms with E-state index in [9.17, 15) is 4.79 Å². The molecule has 6 nitrogen and oxygen atoms in total. The molecule has 0 unspecified atom stereocenters. The first-order chi connectivity index (χ1) is 9.18. The Morgan fingerprint density at radius 2 is 2.11 bits per heavy atom. The van der Waals surface area contributed by atoms with Gasteiger partial charge in [-0.05, 0) is 23.7 Å². The fourth-order valence-corrected chi connectivity index (χ4v) is 2.26. The first kappa shape index (κ1) is 13.2. The topological polar surface area (TPSA) is 103 Å². The standard InChI is InChI=1S/C12H14N4O2S/c13-10-9(11(14)17)12(19-16-10)15-6-7-18-8-4-2-1-3-5-8/h1-5,15H,6-7H2,(H2,13,16)(H2,14,17). The summed E-state index contributed by atoms with van der Waals surface area (Å²) >= 11 is 1.11. The molecule has 0 saturated heterocycles. The van der Waals surface area contributed by atoms with Crippen LogP contribution in [0.15, 0.2) is 30.3 Å². The molecule has 0 aliphatic rings. The molecule has 19 heavy (non-hydrogen) atoms. The van der Waals surface area contributed by atoms with Gasteiger partial charge >= 0.3 is 0 Å². The van der Waals surface area contributed by atoms with E-state index in [1.54, 1.807) is 0 Å². The zero-order valence-electron chi connectivity index (χ0n) is 10.1. The molecule has 5 N–H and O–H groups in total. The molecule has 0 aliphatic heterocycles. The van der Waals surface area contributed by atoms with Crippen LogP contribution in [0.4, 0.5) is 10.8 Å². The van der Waals surface area contributed by atoms with Crippen molar-refractivity contribution in [2.45, 2.75) is 0 Å². The van der Waals surface area contributed by atoms with E-state index in [1.807, 2.05) is 30.3 Å². The summed E-state index contributed by atoms with van der Waals surface area (Å²) in [4.78, 5) is 11.2. The highest BCUT2D eigenvalue weighted by atomic mass is 32.1. The summed E-state index contributed by atoms with van der Waals surface area (Å²) in [5.74, 6) is 0.366. The summed E-state index contributed by atoms with van der Waals surface area (Å²) in [6.45, 7) is 0.983. The summed E-state index contributed by atoms with van der Waals surface area (Å²) in [7, 11) is 0. The van der Waals surface area contributed by atoms with E-state index in [0.717, 1.165) is 17.3 Å². The maximum absolute atomic E-state index is 11.2. The maximum Gasteiger partial charge on any atom is 0.255 e. The van der Waals surface area contributed by atoms with E-state index < -0.39 is 5.91 Å². The first-order valence-corrected chi connectivity index (χ1v) is 6.42. The fourth-order valence-electron chi connectivity index (χ4n) is 1.51. The van der Waals surface area contributed by atoms with Gasteiger partial charge in [0.2, 0.25) is 0 Å². The van der Waals surface area contributed by atoms with Gasteiger partial charge in [-0.15, -0.1) is 0 Å². The van der Waals surface area contributed by atoms with E-state index in [2.05, 4.69) is 9.69 Å². The molecule has 1 aromatic heterocycles. The van der Waals surface area contributed by atoms with Gasteiger partial charge in [-0.2, -0.15) is 4.37 Å². The number of anilines is 2. The van der Waals surface area contributed by atoms with Gasteiger partial charge in [0.15, 0.2) is 5.82 Å². The number of aromatic nitrogens is 1. The lowest BCUT2D eigenvalue weighted by Gasteiger charge is -2.07. The van der Waals surface area contributed by atoms with Crippen molar-refractivity contribution in [1.82, 2.24) is 4.37 Å². The zero-order chi connectivity index (χ0) is 13.7. The number of carbonyl (C=O) groups is 1. The van der Waals surface area contributed by atoms with Crippen LogP contribution in [0.5, 0.6) is 5.75 Å². The van der Waals surface area contributed by atoms with Crippen molar-refractivity contribution in [3.8, 4) is 5.75 Å². The van der Waals surface area contributed by atoms with Crippen molar-refractivity contribution in [1.29, 1.82) is 0 Å². The minimum absolute atomic E-state index is 0.156. The quantitative estimate of drug-likeness (QED) is 0.691. The number of hydrogen-bond acceptors (Lipinski definition) is 6. The van der Waals surface area contributed by atoms with Gasteiger partial charge < -0.3 is 21.5 Å². The van der Waals surface area contributed by atoms with Crippen LogP contribution in [0, 0.1) is 0 Å². The largest absolute Gasteiger partial charge is 0.492 e. The fraction of sp³-hybridized carbons (Fsp3) is 0.167. The van der Waals surface area contributed by atoms with Crippen LogP contribution < -0.4 is 21.5 Å². The molecule has 100 valence electrons. The van der Waals surface area contributed by atoms with Crippen LogP contribution in [0.25, 0.3) is 0 Å². The van der Waals surface area contributed by atoms with E-state index in [-0.39, 0.29) is 11.4 Å². The highest BCUT2D eigenvalue weighted by molar-refractivity contribution is 7.11. The lowest BCUT2D eigenvalue weighted by atomic mass is 10.3. The Morgan fingerprint density at radius 3 is 2.79 bits per heavy atom. The molecule has 7 heteroatoms. The van der Waals surface area contributed by atoms with Crippen LogP contribution in [-0.2, 0) is 0 Å². The third-order valence-electron chi connectivity index (χ3n) is 2.36. The molecule has 0 saturated carbocycles. The Morgan fingerprint density at radius 1 is 1.37 bits per heavy atom. The van der Waals surface area contributed by atoms with Crippen LogP contribution >= 0.6 is 11.5 Å². The summed E-state index contributed by atoms with van der Waals surface area (Å²) < 4.78 is 9.40. The molecule has 1 aromatic carbocycles. The van der Waals surface area contributed by atoms with E-state index in [4.69, 9.17) is 16.2 Å². The molecule has 0 bridgehead atoms. The van der Waals surface area contributed by atoms with Gasteiger partial charge in [0, 0.05) is 6.54 Å². The van der Waals surface area contributed by atoms with E-state index in [0.29, 0.717) is 18.2 Å². The maximum atomic E-state index is 11.2. The number of nitrogens with zero attached hydrogens (tertiary/aromatic N) is 1. The Labute approximate surface area is 114 Å². The zero-order valence-corrected chi connectivity index (χ0v) is 10.9. The molecular weight excluding hydrogens is 264 g/mol. The molecule has 0 spiro atoms. The predicted molar refractivity (Wildman–Crippen MR) is 75.5 cm³/mol. The summed E-state index contributed by atoms with van der Waals surface area (Å²) in [6.07, 6.45) is 0. The van der Waals surface area contributed by atoms with Gasteiger partial charge in [0.25, 0.3) is 5.91 Å². The Kier molecular flexibility index (Phi) is 4.19. The number of rotatable bonds is 6. The molecule has 0 fully saturated rings. The number of nitrogen functional groups attached to an aromatic ring is 1. The average molecular weight is 278 g/mol. The van der Waals surface area contributed by atoms with Crippen LogP contribution in [0.1, 0.15) is 10.4 Å². The number of nitrogens with two attached hydrogens (primary N) is 2. The van der Waals surface area contributed by atoms with Gasteiger partial charge in [0.1, 0.15) is 22.9 Å². The minimum atomic E-state index is -0.585. The number of hydrogen-bond donors (Lipinski definition) is 3. The number of carbonyl (C=O) groups excluding carboxylic acids is 1. The molecular formula is C12H14N4O2S. The van der Waals surface area contributed by atoms with Crippen molar-refractivity contribution < 1.29 is 9.53 Å². The lowest BCUT2D eigenvalue weighted by molar-refractivity contribution is 0.100. The third-order valence-corrected chi connectivity index (χ3v) is 3.18. The highest BCUT2D eigenvalue weighted by Crippen LogP contribution is 2.25. The lowest BCUT2D eigenvalue weighted by Crippen LogP contribution is -2.17. The summed E-state index contributed by atoms with van der Waals surface area (Å²) in [6, 6.07) is 9.47. The molecule has 0 radical (unpaired) electrons. The highest BCUT2D eigenvalue weighted by Gasteiger charge is 2.15. The second-order valence-electron chi connectivity index (χ2n) is 3.72. The van der Waals surface area contributed by atoms with Crippen molar-refractivity contribution in [2.75, 3.05) is 24.2 Å². The number of ether oxygens (including phenoxy) is 1. The second kappa shape index (κ2) is 6.05. The predicted octanol–water partition coefficient (Wildman–Crippen LogP) is 1.32. The first-order valence-electron chi connectivity index (χ1n) is 5.65. The SMILES string of the molecule is NC(=O)c1c(N)nsc1NCCOc1ccccc1. The minimum Gasteiger partial charge on any atom is -0.492 e. The van der Waals surface area contributed by atoms with Crippen LogP contribution in [-0.4, -0.2) is 23.4 Å². The number of nitrogens with one attached hydrogen (secondary N) is 1. The van der Waals surface area contributed by atoms with Gasteiger partial charge in [-0.3, -0.25) is 4.79 Å². The van der Waals surface area contributed by atoms with Crippen LogP contribution in [0.2, 0.25) is 0 Å². The Hall–Kier alpha value is -2.28. The Balaban J connectivity index is 1.85. The summed E-state index contributed by atoms with van der Waals surface area (Å²) in [5, 5.41) is 3.61. The second-order valence-corrected chi connectivity index (χ2v) is 4.50. The van der Waals surface area contributed by atoms with E-state index in [1.165, 1.54) is 0 Å². The van der Waals surface area contributed by atoms with Gasteiger partial charge in [-0.25, -0.2) is 0 Å². The Bertz CT molecular complexity index is 556. The average Bonchev–Trinajstić information content (AvgIpc) is 2.77.